The number of likely N-dealkylation sites (tertiary alicyclic amines) is 1. The van der Waals surface area contributed by atoms with Crippen molar-refractivity contribution in [1.82, 2.24) is 20.1 Å². The Bertz CT molecular complexity index is 908. The van der Waals surface area contributed by atoms with Gasteiger partial charge in [-0.3, -0.25) is 0 Å². The summed E-state index contributed by atoms with van der Waals surface area (Å²) in [6.07, 6.45) is -2.51. The molecule has 32 heavy (non-hydrogen) atoms. The van der Waals surface area contributed by atoms with Crippen molar-refractivity contribution in [2.75, 3.05) is 20.1 Å². The molecule has 1 aliphatic heterocycles. The fraction of sp³-hybridized carbons (Fsp3) is 0.545. The highest BCUT2D eigenvalue weighted by molar-refractivity contribution is 5.74. The van der Waals surface area contributed by atoms with E-state index in [9.17, 15) is 22.4 Å². The van der Waals surface area contributed by atoms with Crippen LogP contribution in [0, 0.1) is 12.7 Å². The van der Waals surface area contributed by atoms with E-state index >= 15 is 0 Å². The molecule has 6 nitrogen and oxygen atoms in total. The number of hydrogen-bond donors (Lipinski definition) is 1. The molecule has 1 saturated heterocycles. The van der Waals surface area contributed by atoms with Crippen molar-refractivity contribution in [3.63, 3.8) is 0 Å². The molecule has 0 aliphatic carbocycles. The molecule has 0 radical (unpaired) electrons. The molecule has 0 bridgehead atoms. The molecule has 0 unspecified atom stereocenters. The highest BCUT2D eigenvalue weighted by Crippen LogP contribution is 2.23. The number of urea groups is 1. The third kappa shape index (κ3) is 7.22. The molecule has 1 aromatic carbocycles. The zero-order valence-corrected chi connectivity index (χ0v) is 18.2. The molecular weight excluding hydrogens is 428 g/mol. The van der Waals surface area contributed by atoms with Gasteiger partial charge in [-0.25, -0.2) is 14.2 Å². The molecule has 3 rings (SSSR count). The molecule has 0 atom stereocenters. The lowest BCUT2D eigenvalue weighted by Crippen LogP contribution is -2.48. The van der Waals surface area contributed by atoms with Crippen molar-refractivity contribution in [2.45, 2.75) is 57.9 Å². The zero-order chi connectivity index (χ0) is 23.3. The molecule has 0 spiro atoms. The number of aromatic nitrogens is 1. The SMILES string of the molecule is Cc1nc(CN(Cc2ccc(CCC(F)(F)F)cc2F)C(=O)NC2CCN(C)CC2)co1. The van der Waals surface area contributed by atoms with Crippen LogP contribution in [0.3, 0.4) is 0 Å². The third-order valence-electron chi connectivity index (χ3n) is 5.53. The summed E-state index contributed by atoms with van der Waals surface area (Å²) < 4.78 is 57.2. The number of nitrogens with one attached hydrogen (secondary N) is 1. The Hall–Kier alpha value is -2.62. The number of halogens is 4. The van der Waals surface area contributed by atoms with Crippen LogP contribution in [0.5, 0.6) is 0 Å². The van der Waals surface area contributed by atoms with Gasteiger partial charge in [-0.15, -0.1) is 0 Å². The molecule has 2 heterocycles. The van der Waals surface area contributed by atoms with Gasteiger partial charge < -0.3 is 19.5 Å². The van der Waals surface area contributed by atoms with Crippen molar-refractivity contribution < 1.29 is 26.8 Å². The highest BCUT2D eigenvalue weighted by Gasteiger charge is 2.27. The van der Waals surface area contributed by atoms with Crippen LogP contribution in [0.4, 0.5) is 22.4 Å². The number of carbonyl (C=O) groups excluding carboxylic acids is 1. The minimum Gasteiger partial charge on any atom is -0.449 e. The molecular formula is C22H28F4N4O2. The summed E-state index contributed by atoms with van der Waals surface area (Å²) in [4.78, 5) is 20.8. The first-order valence-corrected chi connectivity index (χ1v) is 10.6. The zero-order valence-electron chi connectivity index (χ0n) is 18.2. The number of benzene rings is 1. The number of nitrogens with zero attached hydrogens (tertiary/aromatic N) is 3. The number of aryl methyl sites for hydroxylation is 2. The normalized spacial score (nSPS) is 15.7. The van der Waals surface area contributed by atoms with E-state index in [1.807, 2.05) is 7.05 Å². The van der Waals surface area contributed by atoms with Gasteiger partial charge in [-0.05, 0) is 51.0 Å². The van der Waals surface area contributed by atoms with Gasteiger partial charge in [0, 0.05) is 24.9 Å². The lowest BCUT2D eigenvalue weighted by atomic mass is 10.1. The molecule has 1 N–H and O–H groups in total. The summed E-state index contributed by atoms with van der Waals surface area (Å²) >= 11 is 0. The van der Waals surface area contributed by atoms with Crippen molar-refractivity contribution in [1.29, 1.82) is 0 Å². The average Bonchev–Trinajstić information content (AvgIpc) is 3.13. The predicted octanol–water partition coefficient (Wildman–Crippen LogP) is 4.42. The van der Waals surface area contributed by atoms with Crippen LogP contribution in [-0.4, -0.2) is 53.2 Å². The minimum atomic E-state index is -4.30. The van der Waals surface area contributed by atoms with Gasteiger partial charge in [-0.1, -0.05) is 12.1 Å². The summed E-state index contributed by atoms with van der Waals surface area (Å²) in [6, 6.07) is 3.69. The van der Waals surface area contributed by atoms with Crippen molar-refractivity contribution >= 4 is 6.03 Å². The van der Waals surface area contributed by atoms with Gasteiger partial charge in [0.25, 0.3) is 0 Å². The number of oxazole rings is 1. The van der Waals surface area contributed by atoms with Crippen LogP contribution in [0.2, 0.25) is 0 Å². The van der Waals surface area contributed by atoms with Gasteiger partial charge in [-0.2, -0.15) is 13.2 Å². The van der Waals surface area contributed by atoms with Gasteiger partial charge in [0.05, 0.1) is 18.8 Å². The van der Waals surface area contributed by atoms with Crippen molar-refractivity contribution in [3.8, 4) is 0 Å². The van der Waals surface area contributed by atoms with Crippen LogP contribution in [0.25, 0.3) is 0 Å². The fourth-order valence-corrected chi connectivity index (χ4v) is 3.66. The van der Waals surface area contributed by atoms with Crippen molar-refractivity contribution in [3.05, 3.63) is 53.0 Å². The number of hydrogen-bond acceptors (Lipinski definition) is 4. The van der Waals surface area contributed by atoms with Gasteiger partial charge in [0.1, 0.15) is 12.1 Å². The number of carbonyl (C=O) groups is 1. The number of rotatable bonds is 7. The van der Waals surface area contributed by atoms with E-state index in [1.165, 1.54) is 23.3 Å². The molecule has 176 valence electrons. The lowest BCUT2D eigenvalue weighted by Gasteiger charge is -2.31. The maximum atomic E-state index is 14.7. The van der Waals surface area contributed by atoms with Crippen LogP contribution >= 0.6 is 0 Å². The maximum Gasteiger partial charge on any atom is 0.389 e. The van der Waals surface area contributed by atoms with Gasteiger partial charge >= 0.3 is 12.2 Å². The van der Waals surface area contributed by atoms with E-state index in [4.69, 9.17) is 4.42 Å². The molecule has 0 saturated carbocycles. The van der Waals surface area contributed by atoms with Gasteiger partial charge in [0.15, 0.2) is 5.89 Å². The third-order valence-corrected chi connectivity index (χ3v) is 5.53. The quantitative estimate of drug-likeness (QED) is 0.627. The molecule has 10 heteroatoms. The summed E-state index contributed by atoms with van der Waals surface area (Å²) in [5.41, 5.74) is 1.01. The van der Waals surface area contributed by atoms with E-state index < -0.39 is 18.4 Å². The topological polar surface area (TPSA) is 61.6 Å². The smallest absolute Gasteiger partial charge is 0.389 e. The Balaban J connectivity index is 1.70. The summed E-state index contributed by atoms with van der Waals surface area (Å²) in [5, 5.41) is 3.01. The fourth-order valence-electron chi connectivity index (χ4n) is 3.66. The Morgan fingerprint density at radius 1 is 1.28 bits per heavy atom. The van der Waals surface area contributed by atoms with Crippen LogP contribution in [0.15, 0.2) is 28.9 Å². The van der Waals surface area contributed by atoms with E-state index in [1.54, 1.807) is 6.92 Å². The Kier molecular flexibility index (Phi) is 7.76. The van der Waals surface area contributed by atoms with E-state index in [-0.39, 0.29) is 42.7 Å². The van der Waals surface area contributed by atoms with Crippen LogP contribution < -0.4 is 5.32 Å². The number of amides is 2. The lowest BCUT2D eigenvalue weighted by molar-refractivity contribution is -0.134. The van der Waals surface area contributed by atoms with Gasteiger partial charge in [0.2, 0.25) is 0 Å². The van der Waals surface area contributed by atoms with Crippen LogP contribution in [-0.2, 0) is 19.5 Å². The summed E-state index contributed by atoms with van der Waals surface area (Å²) in [7, 11) is 2.03. The Labute approximate surface area is 184 Å². The molecule has 1 aliphatic rings. The molecule has 1 aromatic heterocycles. The minimum absolute atomic E-state index is 0.0230. The molecule has 1 fully saturated rings. The standard InChI is InChI=1S/C22H28F4N4O2/c1-15-27-19(14-32-15)13-30(21(31)28-18-6-9-29(2)10-7-18)12-17-4-3-16(11-20(17)23)5-8-22(24,25)26/h3-4,11,14,18H,5-10,12-13H2,1-2H3,(H,28,31). The Morgan fingerprint density at radius 3 is 2.59 bits per heavy atom. The average molecular weight is 456 g/mol. The largest absolute Gasteiger partial charge is 0.449 e. The summed E-state index contributed by atoms with van der Waals surface area (Å²) in [5.74, 6) is -0.186. The number of alkyl halides is 3. The first-order valence-electron chi connectivity index (χ1n) is 10.6. The second-order valence-electron chi connectivity index (χ2n) is 8.28. The van der Waals surface area contributed by atoms with E-state index in [0.29, 0.717) is 11.6 Å². The van der Waals surface area contributed by atoms with Crippen LogP contribution in [0.1, 0.15) is 42.0 Å². The Morgan fingerprint density at radius 2 is 2.00 bits per heavy atom. The summed E-state index contributed by atoms with van der Waals surface area (Å²) in [6.45, 7) is 3.51. The maximum absolute atomic E-state index is 14.7. The number of piperidine rings is 1. The molecule has 2 aromatic rings. The highest BCUT2D eigenvalue weighted by atomic mass is 19.4. The second kappa shape index (κ2) is 10.3. The van der Waals surface area contributed by atoms with E-state index in [2.05, 4.69) is 15.2 Å². The van der Waals surface area contributed by atoms with E-state index in [0.717, 1.165) is 32.0 Å². The first-order chi connectivity index (χ1) is 15.1. The molecule has 2 amide bonds. The monoisotopic (exact) mass is 456 g/mol. The second-order valence-corrected chi connectivity index (χ2v) is 8.28. The first kappa shape index (κ1) is 24.0. The predicted molar refractivity (Wildman–Crippen MR) is 110 cm³/mol. The van der Waals surface area contributed by atoms with Crippen molar-refractivity contribution in [2.24, 2.45) is 0 Å².